The Hall–Kier alpha value is -1.04. The van der Waals surface area contributed by atoms with E-state index >= 15 is 0 Å². The Kier molecular flexibility index (Phi) is 3.75. The van der Waals surface area contributed by atoms with Crippen molar-refractivity contribution in [1.29, 1.82) is 5.26 Å². The summed E-state index contributed by atoms with van der Waals surface area (Å²) in [4.78, 5) is 11.3. The molecular formula is C10H16N2O. The summed E-state index contributed by atoms with van der Waals surface area (Å²) in [7, 11) is 0. The van der Waals surface area contributed by atoms with Crippen LogP contribution in [-0.2, 0) is 4.79 Å². The van der Waals surface area contributed by atoms with E-state index in [2.05, 4.69) is 11.4 Å². The number of rotatable bonds is 5. The van der Waals surface area contributed by atoms with Crippen molar-refractivity contribution in [2.45, 2.75) is 45.1 Å². The van der Waals surface area contributed by atoms with Crippen LogP contribution in [0.1, 0.15) is 39.0 Å². The molecule has 1 N–H and O–H groups in total. The highest BCUT2D eigenvalue weighted by atomic mass is 16.1. The van der Waals surface area contributed by atoms with Crippen molar-refractivity contribution >= 4 is 5.91 Å². The van der Waals surface area contributed by atoms with E-state index in [0.29, 0.717) is 18.8 Å². The maximum absolute atomic E-state index is 11.3. The summed E-state index contributed by atoms with van der Waals surface area (Å²) in [5, 5.41) is 11.4. The molecule has 3 nitrogen and oxygen atoms in total. The first-order valence-electron chi connectivity index (χ1n) is 4.92. The Labute approximate surface area is 79.1 Å². The molecule has 0 aromatic heterocycles. The van der Waals surface area contributed by atoms with Crippen LogP contribution in [0.4, 0.5) is 0 Å². The summed E-state index contributed by atoms with van der Waals surface area (Å²) in [6, 6.07) is 2.13. The van der Waals surface area contributed by atoms with Crippen LogP contribution in [0.15, 0.2) is 0 Å². The smallest absolute Gasteiger partial charge is 0.220 e. The van der Waals surface area contributed by atoms with Gasteiger partial charge in [-0.05, 0) is 25.2 Å². The van der Waals surface area contributed by atoms with Crippen LogP contribution in [0.2, 0.25) is 0 Å². The highest BCUT2D eigenvalue weighted by molar-refractivity contribution is 5.76. The number of carbonyl (C=O) groups is 1. The second kappa shape index (κ2) is 4.86. The molecule has 0 radical (unpaired) electrons. The molecule has 72 valence electrons. The molecule has 0 saturated heterocycles. The van der Waals surface area contributed by atoms with Gasteiger partial charge in [-0.3, -0.25) is 4.79 Å². The van der Waals surface area contributed by atoms with Gasteiger partial charge in [0.1, 0.15) is 0 Å². The lowest BCUT2D eigenvalue weighted by Gasteiger charge is -2.12. The molecule has 1 fully saturated rings. The van der Waals surface area contributed by atoms with Crippen molar-refractivity contribution in [2.24, 2.45) is 5.92 Å². The fourth-order valence-electron chi connectivity index (χ4n) is 1.28. The minimum Gasteiger partial charge on any atom is -0.352 e. The monoisotopic (exact) mass is 180 g/mol. The first-order chi connectivity index (χ1) is 6.26. The van der Waals surface area contributed by atoms with Crippen LogP contribution < -0.4 is 5.32 Å². The first kappa shape index (κ1) is 10.0. The molecule has 0 aliphatic heterocycles. The summed E-state index contributed by atoms with van der Waals surface area (Å²) in [6.07, 6.45) is 4.31. The van der Waals surface area contributed by atoms with Crippen LogP contribution >= 0.6 is 0 Å². The lowest BCUT2D eigenvalue weighted by molar-refractivity contribution is -0.122. The van der Waals surface area contributed by atoms with E-state index in [9.17, 15) is 4.79 Å². The summed E-state index contributed by atoms with van der Waals surface area (Å²) in [5.74, 6) is 0.740. The number of nitriles is 1. The molecule has 1 rings (SSSR count). The van der Waals surface area contributed by atoms with Gasteiger partial charge in [0.05, 0.1) is 12.5 Å². The molecule has 0 aromatic carbocycles. The summed E-state index contributed by atoms with van der Waals surface area (Å²) >= 11 is 0. The van der Waals surface area contributed by atoms with Gasteiger partial charge in [-0.2, -0.15) is 5.26 Å². The summed E-state index contributed by atoms with van der Waals surface area (Å²) in [5.41, 5.74) is 0. The van der Waals surface area contributed by atoms with E-state index in [4.69, 9.17) is 5.26 Å². The van der Waals surface area contributed by atoms with Crippen molar-refractivity contribution in [3.05, 3.63) is 0 Å². The second-order valence-corrected chi connectivity index (χ2v) is 3.68. The van der Waals surface area contributed by atoms with Crippen molar-refractivity contribution < 1.29 is 4.79 Å². The van der Waals surface area contributed by atoms with E-state index in [1.54, 1.807) is 0 Å². The largest absolute Gasteiger partial charge is 0.352 e. The van der Waals surface area contributed by atoms with Gasteiger partial charge in [-0.1, -0.05) is 6.92 Å². The average molecular weight is 180 g/mol. The van der Waals surface area contributed by atoms with Crippen molar-refractivity contribution in [3.63, 3.8) is 0 Å². The number of hydrogen-bond donors (Lipinski definition) is 1. The molecule has 1 atom stereocenters. The van der Waals surface area contributed by atoms with E-state index in [0.717, 1.165) is 6.42 Å². The van der Waals surface area contributed by atoms with Gasteiger partial charge in [-0.25, -0.2) is 0 Å². The summed E-state index contributed by atoms with van der Waals surface area (Å²) in [6.45, 7) is 1.99. The Morgan fingerprint density at radius 2 is 2.38 bits per heavy atom. The molecule has 1 aliphatic carbocycles. The third-order valence-electron chi connectivity index (χ3n) is 2.37. The van der Waals surface area contributed by atoms with Crippen LogP contribution in [-0.4, -0.2) is 11.9 Å². The standard InChI is InChI=1S/C10H16N2O/c1-2-9(5-6-11)12-10(13)7-8-3-4-8/h8-9H,2-5,7H2,1H3,(H,12,13). The highest BCUT2D eigenvalue weighted by Crippen LogP contribution is 2.32. The van der Waals surface area contributed by atoms with Crippen molar-refractivity contribution in [1.82, 2.24) is 5.32 Å². The zero-order chi connectivity index (χ0) is 9.68. The number of amides is 1. The fraction of sp³-hybridized carbons (Fsp3) is 0.800. The lowest BCUT2D eigenvalue weighted by Crippen LogP contribution is -2.34. The van der Waals surface area contributed by atoms with E-state index in [1.807, 2.05) is 6.92 Å². The molecule has 1 amide bonds. The van der Waals surface area contributed by atoms with Gasteiger partial charge in [0, 0.05) is 12.5 Å². The van der Waals surface area contributed by atoms with Gasteiger partial charge in [0.2, 0.25) is 5.91 Å². The topological polar surface area (TPSA) is 52.9 Å². The van der Waals surface area contributed by atoms with Crippen LogP contribution in [0, 0.1) is 17.2 Å². The van der Waals surface area contributed by atoms with Crippen LogP contribution in [0.3, 0.4) is 0 Å². The molecule has 1 aliphatic rings. The zero-order valence-electron chi connectivity index (χ0n) is 8.05. The molecule has 3 heteroatoms. The van der Waals surface area contributed by atoms with Gasteiger partial charge in [0.25, 0.3) is 0 Å². The molecule has 1 saturated carbocycles. The molecule has 0 spiro atoms. The average Bonchev–Trinajstić information content (AvgIpc) is 2.87. The maximum atomic E-state index is 11.3. The Balaban J connectivity index is 2.19. The highest BCUT2D eigenvalue weighted by Gasteiger charge is 2.24. The van der Waals surface area contributed by atoms with E-state index in [1.165, 1.54) is 12.8 Å². The third kappa shape index (κ3) is 3.93. The maximum Gasteiger partial charge on any atom is 0.220 e. The molecule has 0 aromatic rings. The minimum atomic E-state index is 0.0521. The van der Waals surface area contributed by atoms with Gasteiger partial charge >= 0.3 is 0 Å². The normalized spacial score (nSPS) is 17.5. The number of nitrogens with one attached hydrogen (secondary N) is 1. The van der Waals surface area contributed by atoms with Gasteiger partial charge in [0.15, 0.2) is 0 Å². The van der Waals surface area contributed by atoms with Gasteiger partial charge < -0.3 is 5.32 Å². The summed E-state index contributed by atoms with van der Waals surface area (Å²) < 4.78 is 0. The number of hydrogen-bond acceptors (Lipinski definition) is 2. The molecule has 1 unspecified atom stereocenters. The van der Waals surface area contributed by atoms with Gasteiger partial charge in [-0.15, -0.1) is 0 Å². The predicted molar refractivity (Wildman–Crippen MR) is 49.8 cm³/mol. The second-order valence-electron chi connectivity index (χ2n) is 3.68. The quantitative estimate of drug-likeness (QED) is 0.698. The molecule has 13 heavy (non-hydrogen) atoms. The lowest BCUT2D eigenvalue weighted by atomic mass is 10.1. The number of carbonyl (C=O) groups excluding carboxylic acids is 1. The van der Waals surface area contributed by atoms with E-state index < -0.39 is 0 Å². The van der Waals surface area contributed by atoms with Crippen molar-refractivity contribution in [2.75, 3.05) is 0 Å². The fourth-order valence-corrected chi connectivity index (χ4v) is 1.28. The molecule has 0 bridgehead atoms. The Bertz CT molecular complexity index is 215. The predicted octanol–water partition coefficient (Wildman–Crippen LogP) is 1.59. The van der Waals surface area contributed by atoms with E-state index in [-0.39, 0.29) is 11.9 Å². The Morgan fingerprint density at radius 1 is 1.69 bits per heavy atom. The van der Waals surface area contributed by atoms with Crippen molar-refractivity contribution in [3.8, 4) is 6.07 Å². The minimum absolute atomic E-state index is 0.0521. The third-order valence-corrected chi connectivity index (χ3v) is 2.37. The Morgan fingerprint density at radius 3 is 2.85 bits per heavy atom. The molecular weight excluding hydrogens is 164 g/mol. The SMILES string of the molecule is CCC(CC#N)NC(=O)CC1CC1. The number of nitrogens with zero attached hydrogens (tertiary/aromatic N) is 1. The van der Waals surface area contributed by atoms with Crippen LogP contribution in [0.5, 0.6) is 0 Å². The first-order valence-corrected chi connectivity index (χ1v) is 4.92. The zero-order valence-corrected chi connectivity index (χ0v) is 8.05. The molecule has 0 heterocycles. The van der Waals surface area contributed by atoms with Crippen LogP contribution in [0.25, 0.3) is 0 Å².